The molecule has 2 aromatic carbocycles. The van der Waals surface area contributed by atoms with E-state index in [0.29, 0.717) is 21.9 Å². The lowest BCUT2D eigenvalue weighted by molar-refractivity contribution is 0.476. The second-order valence-electron chi connectivity index (χ2n) is 6.27. The van der Waals surface area contributed by atoms with Gasteiger partial charge in [0.15, 0.2) is 11.3 Å². The van der Waals surface area contributed by atoms with Crippen LogP contribution in [0.15, 0.2) is 59.4 Å². The van der Waals surface area contributed by atoms with Gasteiger partial charge >= 0.3 is 0 Å². The van der Waals surface area contributed by atoms with E-state index in [0.717, 1.165) is 11.1 Å². The molecule has 27 heavy (non-hydrogen) atoms. The topological polar surface area (TPSA) is 81.8 Å². The Bertz CT molecular complexity index is 1260. The molecule has 132 valence electrons. The second-order valence-corrected chi connectivity index (χ2v) is 6.65. The number of pyridine rings is 1. The number of nitrogens with one attached hydrogen (secondary N) is 1. The summed E-state index contributed by atoms with van der Waals surface area (Å²) < 4.78 is 1.60. The number of hydrogen-bond acceptors (Lipinski definition) is 3. The summed E-state index contributed by atoms with van der Waals surface area (Å²) in [5.41, 5.74) is 3.70. The quantitative estimate of drug-likeness (QED) is 0.540. The fourth-order valence-electron chi connectivity index (χ4n) is 3.12. The maximum Gasteiger partial charge on any atom is 0.270 e. The molecule has 0 saturated heterocycles. The molecule has 0 aliphatic carbocycles. The lowest BCUT2D eigenvalue weighted by Gasteiger charge is -2.10. The van der Waals surface area contributed by atoms with Crippen LogP contribution < -0.4 is 5.56 Å². The van der Waals surface area contributed by atoms with Crippen LogP contribution in [0.4, 0.5) is 0 Å². The van der Waals surface area contributed by atoms with Crippen molar-refractivity contribution in [2.45, 2.75) is 6.92 Å². The number of nitriles is 1. The largest absolute Gasteiger partial charge is 0.504 e. The number of halogens is 1. The molecular formula is C21H14ClN3O2. The summed E-state index contributed by atoms with van der Waals surface area (Å²) in [6.07, 6.45) is 0. The van der Waals surface area contributed by atoms with Gasteiger partial charge < -0.3 is 10.1 Å². The van der Waals surface area contributed by atoms with E-state index < -0.39 is 5.56 Å². The molecule has 0 amide bonds. The van der Waals surface area contributed by atoms with Crippen LogP contribution in [-0.2, 0) is 0 Å². The Hall–Kier alpha value is -3.49. The van der Waals surface area contributed by atoms with E-state index >= 15 is 0 Å². The second kappa shape index (κ2) is 6.35. The molecular weight excluding hydrogens is 362 g/mol. The van der Waals surface area contributed by atoms with Gasteiger partial charge in [-0.25, -0.2) is 0 Å². The standard InChI is InChI=1S/C21H14ClN3O2/c1-12-2-4-13(5-3-12)14-6-8-15(9-7-14)25-18(22)10-17-19(25)20(26)16(11-23)21(27)24-17/h2-10H,1H3,(H2,24,26,27). The van der Waals surface area contributed by atoms with E-state index in [1.807, 2.05) is 31.2 Å². The summed E-state index contributed by atoms with van der Waals surface area (Å²) in [6, 6.07) is 19.1. The maximum atomic E-state index is 11.9. The fourth-order valence-corrected chi connectivity index (χ4v) is 3.42. The Balaban J connectivity index is 1.88. The van der Waals surface area contributed by atoms with Crippen molar-refractivity contribution in [2.24, 2.45) is 0 Å². The van der Waals surface area contributed by atoms with Crippen molar-refractivity contribution in [1.82, 2.24) is 9.55 Å². The van der Waals surface area contributed by atoms with Gasteiger partial charge in [0.25, 0.3) is 5.56 Å². The van der Waals surface area contributed by atoms with Crippen LogP contribution in [0.3, 0.4) is 0 Å². The van der Waals surface area contributed by atoms with Crippen LogP contribution in [0.1, 0.15) is 11.1 Å². The average molecular weight is 376 g/mol. The molecule has 4 rings (SSSR count). The third-order valence-corrected chi connectivity index (χ3v) is 4.79. The zero-order valence-corrected chi connectivity index (χ0v) is 15.1. The van der Waals surface area contributed by atoms with Gasteiger partial charge in [-0.1, -0.05) is 53.6 Å². The minimum absolute atomic E-state index is 0.291. The van der Waals surface area contributed by atoms with E-state index in [1.54, 1.807) is 16.7 Å². The SMILES string of the molecule is Cc1ccc(-c2ccc(-n3c(Cl)cc4[nH]c(=O)c(C#N)c(O)c43)cc2)cc1. The minimum atomic E-state index is -0.647. The van der Waals surface area contributed by atoms with Gasteiger partial charge in [0.05, 0.1) is 5.52 Å². The molecule has 0 unspecified atom stereocenters. The zero-order valence-electron chi connectivity index (χ0n) is 14.3. The number of aromatic nitrogens is 2. The molecule has 4 aromatic rings. The van der Waals surface area contributed by atoms with Gasteiger partial charge in [0.2, 0.25) is 0 Å². The molecule has 0 bridgehead atoms. The summed E-state index contributed by atoms with van der Waals surface area (Å²) in [5, 5.41) is 19.9. The van der Waals surface area contributed by atoms with E-state index in [9.17, 15) is 9.90 Å². The van der Waals surface area contributed by atoms with Crippen LogP contribution in [0.2, 0.25) is 5.15 Å². The Morgan fingerprint density at radius 3 is 2.26 bits per heavy atom. The molecule has 0 aliphatic rings. The smallest absolute Gasteiger partial charge is 0.270 e. The first-order chi connectivity index (χ1) is 13.0. The first kappa shape index (κ1) is 17.0. The van der Waals surface area contributed by atoms with E-state index in [4.69, 9.17) is 16.9 Å². The predicted octanol–water partition coefficient (Wildman–Crippen LogP) is 4.52. The molecule has 6 heteroatoms. The van der Waals surface area contributed by atoms with Crippen LogP contribution in [-0.4, -0.2) is 14.7 Å². The number of aromatic amines is 1. The van der Waals surface area contributed by atoms with E-state index in [-0.39, 0.29) is 11.3 Å². The molecule has 0 spiro atoms. The van der Waals surface area contributed by atoms with Crippen LogP contribution in [0, 0.1) is 18.3 Å². The molecule has 2 N–H and O–H groups in total. The summed E-state index contributed by atoms with van der Waals surface area (Å²) in [4.78, 5) is 14.5. The van der Waals surface area contributed by atoms with Crippen molar-refractivity contribution in [1.29, 1.82) is 5.26 Å². The molecule has 5 nitrogen and oxygen atoms in total. The first-order valence-corrected chi connectivity index (χ1v) is 8.61. The molecule has 0 aliphatic heterocycles. The average Bonchev–Trinajstić information content (AvgIpc) is 2.99. The number of nitrogens with zero attached hydrogens (tertiary/aromatic N) is 2. The Morgan fingerprint density at radius 1 is 1.07 bits per heavy atom. The molecule has 0 saturated carbocycles. The highest BCUT2D eigenvalue weighted by atomic mass is 35.5. The monoisotopic (exact) mass is 375 g/mol. The number of rotatable bonds is 2. The Morgan fingerprint density at radius 2 is 1.67 bits per heavy atom. The molecule has 2 aromatic heterocycles. The molecule has 0 fully saturated rings. The van der Waals surface area contributed by atoms with Crippen molar-refractivity contribution >= 4 is 22.6 Å². The number of aromatic hydroxyl groups is 1. The van der Waals surface area contributed by atoms with Crippen molar-refractivity contribution in [3.63, 3.8) is 0 Å². The van der Waals surface area contributed by atoms with Gasteiger partial charge in [-0.05, 0) is 36.2 Å². The number of benzene rings is 2. The highest BCUT2D eigenvalue weighted by molar-refractivity contribution is 6.31. The van der Waals surface area contributed by atoms with Crippen molar-refractivity contribution in [3.8, 4) is 28.6 Å². The van der Waals surface area contributed by atoms with Crippen molar-refractivity contribution < 1.29 is 5.11 Å². The maximum absolute atomic E-state index is 11.9. The molecule has 0 radical (unpaired) electrons. The predicted molar refractivity (Wildman–Crippen MR) is 105 cm³/mol. The van der Waals surface area contributed by atoms with Crippen LogP contribution in [0.5, 0.6) is 5.75 Å². The van der Waals surface area contributed by atoms with Crippen molar-refractivity contribution in [2.75, 3.05) is 0 Å². The number of H-pyrrole nitrogens is 1. The molecule has 2 heterocycles. The fraction of sp³-hybridized carbons (Fsp3) is 0.0476. The van der Waals surface area contributed by atoms with Crippen LogP contribution >= 0.6 is 11.6 Å². The zero-order chi connectivity index (χ0) is 19.1. The third kappa shape index (κ3) is 2.77. The van der Waals surface area contributed by atoms with Gasteiger partial charge in [0.1, 0.15) is 16.7 Å². The summed E-state index contributed by atoms with van der Waals surface area (Å²) in [5.74, 6) is -0.384. The lowest BCUT2D eigenvalue weighted by Crippen LogP contribution is -2.10. The first-order valence-electron chi connectivity index (χ1n) is 8.23. The third-order valence-electron chi connectivity index (χ3n) is 4.51. The highest BCUT2D eigenvalue weighted by Crippen LogP contribution is 2.33. The van der Waals surface area contributed by atoms with Gasteiger partial charge in [-0.2, -0.15) is 5.26 Å². The summed E-state index contributed by atoms with van der Waals surface area (Å²) >= 11 is 6.34. The van der Waals surface area contributed by atoms with Crippen LogP contribution in [0.25, 0.3) is 27.8 Å². The van der Waals surface area contributed by atoms with E-state index in [2.05, 4.69) is 29.2 Å². The molecule has 0 atom stereocenters. The normalized spacial score (nSPS) is 10.9. The summed E-state index contributed by atoms with van der Waals surface area (Å²) in [7, 11) is 0. The highest BCUT2D eigenvalue weighted by Gasteiger charge is 2.18. The number of hydrogen-bond donors (Lipinski definition) is 2. The lowest BCUT2D eigenvalue weighted by atomic mass is 10.0. The van der Waals surface area contributed by atoms with Gasteiger partial charge in [-0.3, -0.25) is 9.36 Å². The summed E-state index contributed by atoms with van der Waals surface area (Å²) in [6.45, 7) is 2.04. The Kier molecular flexibility index (Phi) is 3.98. The number of aryl methyl sites for hydroxylation is 1. The minimum Gasteiger partial charge on any atom is -0.504 e. The van der Waals surface area contributed by atoms with Gasteiger partial charge in [0, 0.05) is 5.69 Å². The number of fused-ring (bicyclic) bond motifs is 1. The Labute approximate surface area is 159 Å². The van der Waals surface area contributed by atoms with Gasteiger partial charge in [-0.15, -0.1) is 0 Å². The van der Waals surface area contributed by atoms with Crippen molar-refractivity contribution in [3.05, 3.63) is 81.2 Å². The van der Waals surface area contributed by atoms with E-state index in [1.165, 1.54) is 5.56 Å².